The number of aromatic nitrogens is 1. The third-order valence-corrected chi connectivity index (χ3v) is 6.52. The van der Waals surface area contributed by atoms with Gasteiger partial charge in [0, 0.05) is 24.3 Å². The van der Waals surface area contributed by atoms with Gasteiger partial charge >= 0.3 is 6.09 Å². The molecule has 2 heterocycles. The Bertz CT molecular complexity index is 849. The fourth-order valence-corrected chi connectivity index (χ4v) is 4.98. The summed E-state index contributed by atoms with van der Waals surface area (Å²) in [6, 6.07) is 8.65. The molecule has 8 heteroatoms. The number of aliphatic hydroxyl groups excluding tert-OH is 1. The van der Waals surface area contributed by atoms with E-state index in [-0.39, 0.29) is 25.5 Å². The highest BCUT2D eigenvalue weighted by molar-refractivity contribution is 7.11. The van der Waals surface area contributed by atoms with Gasteiger partial charge < -0.3 is 15.2 Å². The Hall–Kier alpha value is -2.45. The van der Waals surface area contributed by atoms with E-state index >= 15 is 0 Å². The van der Waals surface area contributed by atoms with Crippen LogP contribution in [-0.2, 0) is 35.4 Å². The van der Waals surface area contributed by atoms with E-state index in [1.807, 2.05) is 30.3 Å². The number of β-amino-alcohol motifs (C(OH)–C–C–N with tert-alkyl or cyclic N) is 1. The second-order valence-electron chi connectivity index (χ2n) is 7.47. The first-order valence-corrected chi connectivity index (χ1v) is 10.8. The molecule has 1 fully saturated rings. The molecule has 1 aromatic heterocycles. The predicted octanol–water partition coefficient (Wildman–Crippen LogP) is 2.06. The van der Waals surface area contributed by atoms with E-state index in [4.69, 9.17) is 4.74 Å². The van der Waals surface area contributed by atoms with E-state index in [0.29, 0.717) is 13.0 Å². The van der Waals surface area contributed by atoms with Crippen LogP contribution >= 0.6 is 11.3 Å². The molecule has 0 unspecified atom stereocenters. The van der Waals surface area contributed by atoms with E-state index in [9.17, 15) is 14.7 Å². The van der Waals surface area contributed by atoms with Gasteiger partial charge in [0.1, 0.15) is 12.6 Å². The molecule has 1 aliphatic heterocycles. The highest BCUT2D eigenvalue weighted by Crippen LogP contribution is 2.27. The van der Waals surface area contributed by atoms with Gasteiger partial charge in [0.05, 0.1) is 23.4 Å². The van der Waals surface area contributed by atoms with Crippen LogP contribution in [0.25, 0.3) is 0 Å². The molecule has 1 aliphatic carbocycles. The molecule has 0 spiro atoms. The van der Waals surface area contributed by atoms with Crippen LogP contribution in [0.2, 0.25) is 0 Å². The first-order chi connectivity index (χ1) is 14.1. The van der Waals surface area contributed by atoms with Crippen molar-refractivity contribution in [1.29, 1.82) is 0 Å². The SMILES string of the molecule is O=C(NCCc1nc2c(s1)CCC2)[C@@H]1C[C@@H](O)CN1C(=O)OCc1ccccc1. The van der Waals surface area contributed by atoms with Gasteiger partial charge in [-0.2, -0.15) is 0 Å². The number of nitrogens with zero attached hydrogens (tertiary/aromatic N) is 2. The molecule has 0 bridgehead atoms. The fourth-order valence-electron chi connectivity index (χ4n) is 3.83. The van der Waals surface area contributed by atoms with Crippen LogP contribution < -0.4 is 5.32 Å². The molecular formula is C21H25N3O4S. The van der Waals surface area contributed by atoms with Crippen LogP contribution in [0.4, 0.5) is 4.79 Å². The van der Waals surface area contributed by atoms with E-state index in [0.717, 1.165) is 23.4 Å². The number of ether oxygens (including phenoxy) is 1. The summed E-state index contributed by atoms with van der Waals surface area (Å²) < 4.78 is 5.34. The van der Waals surface area contributed by atoms with Crippen molar-refractivity contribution >= 4 is 23.3 Å². The Balaban J connectivity index is 1.28. The number of thiazole rings is 1. The maximum Gasteiger partial charge on any atom is 0.410 e. The molecule has 7 nitrogen and oxygen atoms in total. The van der Waals surface area contributed by atoms with Crippen molar-refractivity contribution in [2.75, 3.05) is 13.1 Å². The van der Waals surface area contributed by atoms with Crippen LogP contribution in [0.5, 0.6) is 0 Å². The van der Waals surface area contributed by atoms with Crippen molar-refractivity contribution in [3.63, 3.8) is 0 Å². The smallest absolute Gasteiger partial charge is 0.410 e. The summed E-state index contributed by atoms with van der Waals surface area (Å²) in [6.45, 7) is 0.699. The Morgan fingerprint density at radius 3 is 2.90 bits per heavy atom. The Morgan fingerprint density at radius 1 is 1.28 bits per heavy atom. The second-order valence-corrected chi connectivity index (χ2v) is 8.64. The summed E-state index contributed by atoms with van der Waals surface area (Å²) in [5.41, 5.74) is 2.08. The summed E-state index contributed by atoms with van der Waals surface area (Å²) in [4.78, 5) is 32.4. The number of carbonyl (C=O) groups is 2. The second kappa shape index (κ2) is 8.92. The van der Waals surface area contributed by atoms with Gasteiger partial charge in [-0.3, -0.25) is 9.69 Å². The van der Waals surface area contributed by atoms with Crippen LogP contribution in [0, 0.1) is 0 Å². The van der Waals surface area contributed by atoms with Crippen LogP contribution in [0.3, 0.4) is 0 Å². The fraction of sp³-hybridized carbons (Fsp3) is 0.476. The number of benzene rings is 1. The minimum absolute atomic E-state index is 0.102. The lowest BCUT2D eigenvalue weighted by Gasteiger charge is -2.23. The Morgan fingerprint density at radius 2 is 2.10 bits per heavy atom. The van der Waals surface area contributed by atoms with Crippen LogP contribution in [-0.4, -0.2) is 52.2 Å². The number of aryl methyl sites for hydroxylation is 2. The number of rotatable bonds is 6. The van der Waals surface area contributed by atoms with Gasteiger partial charge in [0.15, 0.2) is 0 Å². The number of aliphatic hydroxyl groups is 1. The number of carbonyl (C=O) groups excluding carboxylic acids is 2. The quantitative estimate of drug-likeness (QED) is 0.754. The van der Waals surface area contributed by atoms with Gasteiger partial charge in [-0.15, -0.1) is 11.3 Å². The van der Waals surface area contributed by atoms with Crippen molar-refractivity contribution in [1.82, 2.24) is 15.2 Å². The topological polar surface area (TPSA) is 91.8 Å². The number of likely N-dealkylation sites (tertiary alicyclic amines) is 1. The highest BCUT2D eigenvalue weighted by atomic mass is 32.1. The molecule has 2 N–H and O–H groups in total. The molecule has 2 atom stereocenters. The van der Waals surface area contributed by atoms with Crippen molar-refractivity contribution in [2.45, 2.75) is 50.9 Å². The molecule has 154 valence electrons. The molecule has 1 aromatic carbocycles. The van der Waals surface area contributed by atoms with Crippen molar-refractivity contribution in [3.05, 3.63) is 51.5 Å². The van der Waals surface area contributed by atoms with E-state index in [2.05, 4.69) is 10.3 Å². The molecule has 29 heavy (non-hydrogen) atoms. The molecule has 2 aromatic rings. The van der Waals surface area contributed by atoms with Crippen molar-refractivity contribution in [3.8, 4) is 0 Å². The number of fused-ring (bicyclic) bond motifs is 1. The zero-order valence-corrected chi connectivity index (χ0v) is 17.0. The molecular weight excluding hydrogens is 390 g/mol. The van der Waals surface area contributed by atoms with Gasteiger partial charge in [-0.25, -0.2) is 9.78 Å². The van der Waals surface area contributed by atoms with Gasteiger partial charge in [0.2, 0.25) is 5.91 Å². The van der Waals surface area contributed by atoms with Gasteiger partial charge in [-0.1, -0.05) is 30.3 Å². The molecule has 0 saturated carbocycles. The summed E-state index contributed by atoms with van der Waals surface area (Å²) >= 11 is 1.73. The van der Waals surface area contributed by atoms with Gasteiger partial charge in [0.25, 0.3) is 0 Å². The average molecular weight is 416 g/mol. The lowest BCUT2D eigenvalue weighted by molar-refractivity contribution is -0.125. The first kappa shape index (κ1) is 19.8. The number of hydrogen-bond donors (Lipinski definition) is 2. The third kappa shape index (κ3) is 4.76. The Kier molecular flexibility index (Phi) is 6.10. The number of nitrogens with one attached hydrogen (secondary N) is 1. The van der Waals surface area contributed by atoms with Crippen molar-refractivity contribution < 1.29 is 19.4 Å². The lowest BCUT2D eigenvalue weighted by atomic mass is 10.2. The van der Waals surface area contributed by atoms with E-state index in [1.165, 1.54) is 21.9 Å². The summed E-state index contributed by atoms with van der Waals surface area (Å²) in [5.74, 6) is -0.262. The highest BCUT2D eigenvalue weighted by Gasteiger charge is 2.39. The summed E-state index contributed by atoms with van der Waals surface area (Å²) in [6.07, 6.45) is 2.94. The molecule has 2 aliphatic rings. The van der Waals surface area contributed by atoms with Crippen LogP contribution in [0.15, 0.2) is 30.3 Å². The summed E-state index contributed by atoms with van der Waals surface area (Å²) in [5, 5.41) is 13.9. The van der Waals surface area contributed by atoms with E-state index < -0.39 is 18.2 Å². The normalized spacial score (nSPS) is 20.5. The zero-order valence-electron chi connectivity index (χ0n) is 16.2. The standard InChI is InChI=1S/C21H25N3O4S/c25-15-11-17(24(12-15)21(27)28-13-14-5-2-1-3-6-14)20(26)22-10-9-19-23-16-7-4-8-18(16)29-19/h1-3,5-6,15,17,25H,4,7-13H2,(H,22,26)/t15-,17+/m1/s1. The van der Waals surface area contributed by atoms with E-state index in [1.54, 1.807) is 11.3 Å². The largest absolute Gasteiger partial charge is 0.445 e. The van der Waals surface area contributed by atoms with Crippen molar-refractivity contribution in [2.24, 2.45) is 0 Å². The maximum atomic E-state index is 12.6. The first-order valence-electron chi connectivity index (χ1n) is 10.0. The summed E-state index contributed by atoms with van der Waals surface area (Å²) in [7, 11) is 0. The lowest BCUT2D eigenvalue weighted by Crippen LogP contribution is -2.46. The van der Waals surface area contributed by atoms with Crippen LogP contribution in [0.1, 0.15) is 34.0 Å². The minimum atomic E-state index is -0.725. The van der Waals surface area contributed by atoms with Gasteiger partial charge in [-0.05, 0) is 24.8 Å². The average Bonchev–Trinajstić information content (AvgIpc) is 3.41. The number of hydrogen-bond acceptors (Lipinski definition) is 6. The minimum Gasteiger partial charge on any atom is -0.445 e. The Labute approximate surface area is 173 Å². The molecule has 4 rings (SSSR count). The molecule has 1 saturated heterocycles. The number of amides is 2. The molecule has 2 amide bonds. The third-order valence-electron chi connectivity index (χ3n) is 5.30. The zero-order chi connectivity index (χ0) is 20.2. The predicted molar refractivity (Wildman–Crippen MR) is 109 cm³/mol. The maximum absolute atomic E-state index is 12.6. The molecule has 0 radical (unpaired) electrons. The monoisotopic (exact) mass is 415 g/mol.